The van der Waals surface area contributed by atoms with Gasteiger partial charge in [-0.05, 0) is 36.1 Å². The molecule has 0 spiro atoms. The lowest BCUT2D eigenvalue weighted by molar-refractivity contribution is -0.136. The summed E-state index contributed by atoms with van der Waals surface area (Å²) < 4.78 is 5.24. The van der Waals surface area contributed by atoms with Crippen LogP contribution in [0, 0.1) is 0 Å². The summed E-state index contributed by atoms with van der Waals surface area (Å²) >= 11 is 0. The molecule has 2 aliphatic rings. The topological polar surface area (TPSA) is 21.7 Å². The van der Waals surface area contributed by atoms with Gasteiger partial charge in [-0.15, -0.1) is 0 Å². The van der Waals surface area contributed by atoms with Gasteiger partial charge in [-0.25, -0.2) is 0 Å². The van der Waals surface area contributed by atoms with Gasteiger partial charge in [-0.3, -0.25) is 4.84 Å². The standard InChI is InChI=1S/C18H19NO2/c1-20-15-9-7-14(8-10-15)18-12-16-11-17(19(18)21-16)13-5-3-2-4-6-13/h2-10,16-18H,11-12H2,1H3/t16-,17+,18+/m0/s1. The average Bonchev–Trinajstić information content (AvgIpc) is 3.16. The van der Waals surface area contributed by atoms with Crippen LogP contribution in [0.25, 0.3) is 0 Å². The van der Waals surface area contributed by atoms with Crippen LogP contribution in [-0.4, -0.2) is 18.3 Å². The van der Waals surface area contributed by atoms with E-state index in [1.54, 1.807) is 7.11 Å². The van der Waals surface area contributed by atoms with E-state index >= 15 is 0 Å². The Morgan fingerprint density at radius 2 is 1.52 bits per heavy atom. The molecule has 0 aromatic heterocycles. The molecule has 2 bridgehead atoms. The fraction of sp³-hybridized carbons (Fsp3) is 0.333. The van der Waals surface area contributed by atoms with Crippen LogP contribution in [0.3, 0.4) is 0 Å². The molecule has 3 heteroatoms. The number of ether oxygens (including phenoxy) is 1. The summed E-state index contributed by atoms with van der Waals surface area (Å²) in [6, 6.07) is 19.7. The Labute approximate surface area is 125 Å². The van der Waals surface area contributed by atoms with Crippen molar-refractivity contribution >= 4 is 0 Å². The third kappa shape index (κ3) is 2.23. The Morgan fingerprint density at radius 3 is 2.10 bits per heavy atom. The van der Waals surface area contributed by atoms with Gasteiger partial charge in [0.05, 0.1) is 25.3 Å². The van der Waals surface area contributed by atoms with E-state index in [9.17, 15) is 0 Å². The zero-order chi connectivity index (χ0) is 14.2. The number of hydrogen-bond donors (Lipinski definition) is 0. The molecule has 2 aromatic rings. The molecule has 2 aromatic carbocycles. The van der Waals surface area contributed by atoms with Gasteiger partial charge in [0.1, 0.15) is 5.75 Å². The van der Waals surface area contributed by atoms with Gasteiger partial charge >= 0.3 is 0 Å². The fourth-order valence-corrected chi connectivity index (χ4v) is 3.49. The predicted octanol–water partition coefficient (Wildman–Crippen LogP) is 3.89. The van der Waals surface area contributed by atoms with E-state index in [0.29, 0.717) is 18.2 Å². The molecule has 2 heterocycles. The van der Waals surface area contributed by atoms with Crippen molar-refractivity contribution < 1.29 is 9.57 Å². The maximum Gasteiger partial charge on any atom is 0.118 e. The number of hydrogen-bond acceptors (Lipinski definition) is 3. The first-order chi connectivity index (χ1) is 10.3. The van der Waals surface area contributed by atoms with Crippen LogP contribution in [0.1, 0.15) is 36.1 Å². The highest BCUT2D eigenvalue weighted by molar-refractivity contribution is 5.31. The minimum Gasteiger partial charge on any atom is -0.497 e. The lowest BCUT2D eigenvalue weighted by Gasteiger charge is -2.29. The SMILES string of the molecule is COc1ccc([C@H]2C[C@@H]3C[C@H](c4ccccc4)N2O3)cc1. The molecule has 21 heavy (non-hydrogen) atoms. The second-order valence-corrected chi connectivity index (χ2v) is 5.77. The van der Waals surface area contributed by atoms with Crippen LogP contribution < -0.4 is 4.74 Å². The number of piperidine rings is 1. The Kier molecular flexibility index (Phi) is 3.17. The van der Waals surface area contributed by atoms with E-state index in [1.807, 2.05) is 12.1 Å². The highest BCUT2D eigenvalue weighted by Gasteiger charge is 2.46. The number of methoxy groups -OCH3 is 1. The van der Waals surface area contributed by atoms with Gasteiger partial charge in [-0.2, -0.15) is 5.06 Å². The quantitative estimate of drug-likeness (QED) is 0.852. The van der Waals surface area contributed by atoms with Crippen LogP contribution in [0.2, 0.25) is 0 Å². The molecule has 3 nitrogen and oxygen atoms in total. The molecule has 4 rings (SSSR count). The van der Waals surface area contributed by atoms with Crippen molar-refractivity contribution in [1.29, 1.82) is 0 Å². The number of nitrogens with zero attached hydrogens (tertiary/aromatic N) is 1. The number of fused-ring (bicyclic) bond motifs is 2. The summed E-state index contributed by atoms with van der Waals surface area (Å²) in [7, 11) is 1.70. The first-order valence-electron chi connectivity index (χ1n) is 7.49. The van der Waals surface area contributed by atoms with Crippen LogP contribution in [0.4, 0.5) is 0 Å². The van der Waals surface area contributed by atoms with Gasteiger partial charge in [0.2, 0.25) is 0 Å². The maximum atomic E-state index is 6.06. The van der Waals surface area contributed by atoms with Crippen LogP contribution in [-0.2, 0) is 4.84 Å². The normalized spacial score (nSPS) is 30.5. The minimum atomic E-state index is 0.347. The summed E-state index contributed by atoms with van der Waals surface area (Å²) in [4.78, 5) is 6.06. The van der Waals surface area contributed by atoms with Gasteiger partial charge in [-0.1, -0.05) is 42.5 Å². The maximum absolute atomic E-state index is 6.06. The van der Waals surface area contributed by atoms with E-state index < -0.39 is 0 Å². The van der Waals surface area contributed by atoms with E-state index in [4.69, 9.17) is 9.57 Å². The molecule has 2 fully saturated rings. The number of rotatable bonds is 3. The van der Waals surface area contributed by atoms with Crippen molar-refractivity contribution in [3.8, 4) is 5.75 Å². The Bertz CT molecular complexity index is 611. The molecule has 108 valence electrons. The zero-order valence-corrected chi connectivity index (χ0v) is 12.1. The van der Waals surface area contributed by atoms with E-state index in [0.717, 1.165) is 18.6 Å². The van der Waals surface area contributed by atoms with E-state index in [2.05, 4.69) is 47.5 Å². The first-order valence-corrected chi connectivity index (χ1v) is 7.49. The molecule has 0 aliphatic carbocycles. The molecule has 0 amide bonds. The van der Waals surface area contributed by atoms with Gasteiger partial charge in [0, 0.05) is 0 Å². The van der Waals surface area contributed by atoms with Gasteiger partial charge < -0.3 is 4.74 Å². The van der Waals surface area contributed by atoms with E-state index in [1.165, 1.54) is 11.1 Å². The van der Waals surface area contributed by atoms with Crippen molar-refractivity contribution in [2.24, 2.45) is 0 Å². The van der Waals surface area contributed by atoms with Crippen molar-refractivity contribution in [1.82, 2.24) is 5.06 Å². The van der Waals surface area contributed by atoms with Crippen molar-refractivity contribution in [2.75, 3.05) is 7.11 Å². The summed E-state index contributed by atoms with van der Waals surface area (Å²) in [6.45, 7) is 0. The van der Waals surface area contributed by atoms with Gasteiger partial charge in [0.25, 0.3) is 0 Å². The molecular weight excluding hydrogens is 262 g/mol. The zero-order valence-electron chi connectivity index (χ0n) is 12.1. The summed E-state index contributed by atoms with van der Waals surface area (Å²) in [5, 5.41) is 2.20. The Morgan fingerprint density at radius 1 is 0.905 bits per heavy atom. The number of benzene rings is 2. The smallest absolute Gasteiger partial charge is 0.118 e. The Hall–Kier alpha value is -1.84. The monoisotopic (exact) mass is 281 g/mol. The lowest BCUT2D eigenvalue weighted by atomic mass is 9.90. The summed E-state index contributed by atoms with van der Waals surface area (Å²) in [5.41, 5.74) is 2.65. The van der Waals surface area contributed by atoms with Crippen LogP contribution >= 0.6 is 0 Å². The summed E-state index contributed by atoms with van der Waals surface area (Å²) in [5.74, 6) is 0.900. The number of hydroxylamine groups is 2. The fourth-order valence-electron chi connectivity index (χ4n) is 3.49. The molecule has 0 radical (unpaired) electrons. The average molecular weight is 281 g/mol. The van der Waals surface area contributed by atoms with Gasteiger partial charge in [0.15, 0.2) is 0 Å². The van der Waals surface area contributed by atoms with Crippen molar-refractivity contribution in [3.05, 3.63) is 65.7 Å². The molecule has 0 N–H and O–H groups in total. The molecule has 0 saturated carbocycles. The van der Waals surface area contributed by atoms with Crippen molar-refractivity contribution in [2.45, 2.75) is 31.0 Å². The van der Waals surface area contributed by atoms with Crippen LogP contribution in [0.15, 0.2) is 54.6 Å². The summed E-state index contributed by atoms with van der Waals surface area (Å²) in [6.07, 6.45) is 2.52. The second kappa shape index (κ2) is 5.17. The minimum absolute atomic E-state index is 0.347. The lowest BCUT2D eigenvalue weighted by Crippen LogP contribution is -2.26. The molecule has 1 unspecified atom stereocenters. The molecule has 2 aliphatic heterocycles. The highest BCUT2D eigenvalue weighted by atomic mass is 16.7. The third-order valence-electron chi connectivity index (χ3n) is 4.54. The largest absolute Gasteiger partial charge is 0.497 e. The molecule has 2 saturated heterocycles. The first kappa shape index (κ1) is 12.9. The van der Waals surface area contributed by atoms with Crippen molar-refractivity contribution in [3.63, 3.8) is 0 Å². The highest BCUT2D eigenvalue weighted by Crippen LogP contribution is 2.49. The molecular formula is C18H19NO2. The predicted molar refractivity (Wildman–Crippen MR) is 80.9 cm³/mol. The molecule has 4 atom stereocenters. The van der Waals surface area contributed by atoms with Crippen LogP contribution in [0.5, 0.6) is 5.75 Å². The van der Waals surface area contributed by atoms with E-state index in [-0.39, 0.29) is 0 Å². The third-order valence-corrected chi connectivity index (χ3v) is 4.54. The second-order valence-electron chi connectivity index (χ2n) is 5.77. The Balaban J connectivity index is 1.60.